The molecule has 1 aromatic heterocycles. The number of benzene rings is 1. The van der Waals surface area contributed by atoms with Gasteiger partial charge in [0.05, 0.1) is 0 Å². The molecule has 0 bridgehead atoms. The monoisotopic (exact) mass is 333 g/mol. The van der Waals surface area contributed by atoms with Gasteiger partial charge in [0.25, 0.3) is 0 Å². The first-order valence-corrected chi connectivity index (χ1v) is 7.85. The van der Waals surface area contributed by atoms with Crippen molar-refractivity contribution in [1.29, 1.82) is 0 Å². The fourth-order valence-electron chi connectivity index (χ4n) is 2.52. The molecule has 1 aromatic carbocycles. The zero-order valence-corrected chi connectivity index (χ0v) is 14.4. The van der Waals surface area contributed by atoms with Gasteiger partial charge in [0.15, 0.2) is 0 Å². The van der Waals surface area contributed by atoms with Gasteiger partial charge in [0, 0.05) is 22.1 Å². The summed E-state index contributed by atoms with van der Waals surface area (Å²) < 4.78 is 1.43. The maximum Gasteiger partial charge on any atom is 0.348 e. The van der Waals surface area contributed by atoms with Gasteiger partial charge in [-0.25, -0.2) is 4.79 Å². The van der Waals surface area contributed by atoms with Crippen molar-refractivity contribution in [2.75, 3.05) is 5.32 Å². The Morgan fingerprint density at radius 1 is 1.30 bits per heavy atom. The molecule has 0 spiro atoms. The molecule has 2 rings (SSSR count). The van der Waals surface area contributed by atoms with E-state index in [1.54, 1.807) is 32.0 Å². The van der Waals surface area contributed by atoms with Crippen LogP contribution in [-0.2, 0) is 4.79 Å². The van der Waals surface area contributed by atoms with Gasteiger partial charge < -0.3 is 5.32 Å². The third kappa shape index (κ3) is 3.79. The zero-order valence-electron chi connectivity index (χ0n) is 13.7. The van der Waals surface area contributed by atoms with Crippen LogP contribution in [0.25, 0.3) is 0 Å². The first-order chi connectivity index (χ1) is 10.8. The number of nitrogens with one attached hydrogen (secondary N) is 1. The predicted molar refractivity (Wildman–Crippen MR) is 92.1 cm³/mol. The number of amides is 1. The van der Waals surface area contributed by atoms with Crippen LogP contribution in [0.1, 0.15) is 36.3 Å². The minimum Gasteiger partial charge on any atom is -0.324 e. The lowest BCUT2D eigenvalue weighted by atomic mass is 10.1. The van der Waals surface area contributed by atoms with Gasteiger partial charge in [-0.05, 0) is 51.0 Å². The van der Waals surface area contributed by atoms with Crippen LogP contribution in [0, 0.1) is 20.8 Å². The van der Waals surface area contributed by atoms with Crippen molar-refractivity contribution in [3.63, 3.8) is 0 Å². The van der Waals surface area contributed by atoms with E-state index in [2.05, 4.69) is 10.3 Å². The van der Waals surface area contributed by atoms with Crippen LogP contribution in [0.2, 0.25) is 5.02 Å². The highest BCUT2D eigenvalue weighted by atomic mass is 35.5. The molecule has 1 N–H and O–H groups in total. The second kappa shape index (κ2) is 6.96. The van der Waals surface area contributed by atoms with Crippen LogP contribution < -0.4 is 11.0 Å². The molecule has 1 heterocycles. The van der Waals surface area contributed by atoms with Crippen LogP contribution in [0.3, 0.4) is 0 Å². The molecule has 1 amide bonds. The first-order valence-electron chi connectivity index (χ1n) is 7.47. The van der Waals surface area contributed by atoms with Gasteiger partial charge in [0.2, 0.25) is 5.91 Å². The highest BCUT2D eigenvalue weighted by Crippen LogP contribution is 2.21. The summed E-state index contributed by atoms with van der Waals surface area (Å²) in [6, 6.07) is 6.50. The molecule has 23 heavy (non-hydrogen) atoms. The summed E-state index contributed by atoms with van der Waals surface area (Å²) in [6.07, 6.45) is 0.483. The topological polar surface area (TPSA) is 64.0 Å². The minimum atomic E-state index is -0.615. The Balaban J connectivity index is 2.32. The molecule has 1 atom stereocenters. The van der Waals surface area contributed by atoms with Gasteiger partial charge in [-0.1, -0.05) is 24.6 Å². The molecule has 0 saturated carbocycles. The van der Waals surface area contributed by atoms with Crippen LogP contribution in [0.15, 0.2) is 29.1 Å². The molecule has 5 nitrogen and oxygen atoms in total. The lowest BCUT2D eigenvalue weighted by Crippen LogP contribution is -2.36. The van der Waals surface area contributed by atoms with E-state index >= 15 is 0 Å². The van der Waals surface area contributed by atoms with Gasteiger partial charge in [-0.15, -0.1) is 0 Å². The summed E-state index contributed by atoms with van der Waals surface area (Å²) in [4.78, 5) is 28.7. The van der Waals surface area contributed by atoms with Gasteiger partial charge in [-0.3, -0.25) is 9.36 Å². The summed E-state index contributed by atoms with van der Waals surface area (Å²) in [5, 5.41) is 3.40. The number of aryl methyl sites for hydroxylation is 3. The average Bonchev–Trinajstić information content (AvgIpc) is 2.46. The Morgan fingerprint density at radius 2 is 2.00 bits per heavy atom. The summed E-state index contributed by atoms with van der Waals surface area (Å²) in [5.41, 5.74) is 2.49. The molecule has 0 saturated heterocycles. The van der Waals surface area contributed by atoms with E-state index in [-0.39, 0.29) is 5.91 Å². The van der Waals surface area contributed by atoms with E-state index in [1.807, 2.05) is 19.9 Å². The molecule has 122 valence electrons. The second-order valence-corrected chi connectivity index (χ2v) is 5.98. The van der Waals surface area contributed by atoms with E-state index < -0.39 is 11.7 Å². The number of hydrogen-bond acceptors (Lipinski definition) is 3. The fraction of sp³-hybridized carbons (Fsp3) is 0.353. The molecule has 2 aromatic rings. The van der Waals surface area contributed by atoms with Gasteiger partial charge in [-0.2, -0.15) is 4.98 Å². The molecular formula is C17H20ClN3O2. The van der Waals surface area contributed by atoms with Crippen molar-refractivity contribution in [2.45, 2.75) is 40.2 Å². The highest BCUT2D eigenvalue weighted by molar-refractivity contribution is 6.31. The minimum absolute atomic E-state index is 0.261. The smallest absolute Gasteiger partial charge is 0.324 e. The number of nitrogens with zero attached hydrogens (tertiary/aromatic N) is 2. The molecule has 0 aliphatic rings. The molecule has 1 unspecified atom stereocenters. The predicted octanol–water partition coefficient (Wildman–Crippen LogP) is 3.41. The lowest BCUT2D eigenvalue weighted by molar-refractivity contribution is -0.119. The molecule has 0 aliphatic heterocycles. The van der Waals surface area contributed by atoms with Gasteiger partial charge >= 0.3 is 5.69 Å². The summed E-state index contributed by atoms with van der Waals surface area (Å²) >= 11 is 6.08. The Morgan fingerprint density at radius 3 is 2.57 bits per heavy atom. The van der Waals surface area contributed by atoms with E-state index in [0.29, 0.717) is 28.5 Å². The number of carbonyl (C=O) groups is 1. The number of halogens is 1. The number of rotatable bonds is 4. The van der Waals surface area contributed by atoms with Crippen molar-refractivity contribution >= 4 is 23.2 Å². The van der Waals surface area contributed by atoms with Crippen molar-refractivity contribution < 1.29 is 4.79 Å². The Hall–Kier alpha value is -2.14. The third-order valence-corrected chi connectivity index (χ3v) is 4.12. The highest BCUT2D eigenvalue weighted by Gasteiger charge is 2.22. The Kier molecular flexibility index (Phi) is 5.21. The van der Waals surface area contributed by atoms with Crippen LogP contribution in [0.5, 0.6) is 0 Å². The molecule has 0 fully saturated rings. The van der Waals surface area contributed by atoms with E-state index in [0.717, 1.165) is 5.56 Å². The molecule has 6 heteroatoms. The first kappa shape index (κ1) is 17.2. The SMILES string of the molecule is CCC(C(=O)Nc1ccc(C)c(Cl)c1)n1c(C)cc(C)nc1=O. The standard InChI is InChI=1S/C17H20ClN3O2/c1-5-15(21-12(4)8-11(3)19-17(21)23)16(22)20-13-7-6-10(2)14(18)9-13/h6-9,15H,5H2,1-4H3,(H,20,22). The van der Waals surface area contributed by atoms with Crippen molar-refractivity contribution in [2.24, 2.45) is 0 Å². The maximum absolute atomic E-state index is 12.6. The Bertz CT molecular complexity index is 799. The maximum atomic E-state index is 12.6. The number of hydrogen-bond donors (Lipinski definition) is 1. The number of anilines is 1. The largest absolute Gasteiger partial charge is 0.348 e. The van der Waals surface area contributed by atoms with Crippen LogP contribution in [0.4, 0.5) is 5.69 Å². The summed E-state index contributed by atoms with van der Waals surface area (Å²) in [6.45, 7) is 7.31. The van der Waals surface area contributed by atoms with Crippen molar-refractivity contribution in [1.82, 2.24) is 9.55 Å². The van der Waals surface area contributed by atoms with E-state index in [4.69, 9.17) is 11.6 Å². The summed E-state index contributed by atoms with van der Waals surface area (Å²) in [5.74, 6) is -0.261. The molecule has 0 radical (unpaired) electrons. The summed E-state index contributed by atoms with van der Waals surface area (Å²) in [7, 11) is 0. The van der Waals surface area contributed by atoms with Crippen LogP contribution in [-0.4, -0.2) is 15.5 Å². The molecule has 0 aliphatic carbocycles. The second-order valence-electron chi connectivity index (χ2n) is 5.57. The Labute approximate surface area is 140 Å². The third-order valence-electron chi connectivity index (χ3n) is 3.72. The number of carbonyl (C=O) groups excluding carboxylic acids is 1. The molecular weight excluding hydrogens is 314 g/mol. The van der Waals surface area contributed by atoms with E-state index in [1.165, 1.54) is 4.57 Å². The van der Waals surface area contributed by atoms with Crippen molar-refractivity contribution in [3.8, 4) is 0 Å². The van der Waals surface area contributed by atoms with Crippen molar-refractivity contribution in [3.05, 3.63) is 56.7 Å². The fourth-order valence-corrected chi connectivity index (χ4v) is 2.70. The van der Waals surface area contributed by atoms with Crippen LogP contribution >= 0.6 is 11.6 Å². The van der Waals surface area contributed by atoms with E-state index in [9.17, 15) is 9.59 Å². The normalized spacial score (nSPS) is 12.0. The zero-order chi connectivity index (χ0) is 17.1. The number of aromatic nitrogens is 2. The van der Waals surface area contributed by atoms with Gasteiger partial charge in [0.1, 0.15) is 6.04 Å². The quantitative estimate of drug-likeness (QED) is 0.932. The lowest BCUT2D eigenvalue weighted by Gasteiger charge is -2.20. The average molecular weight is 334 g/mol.